The number of piperidine rings is 1. The van der Waals surface area contributed by atoms with Gasteiger partial charge in [-0.2, -0.15) is 0 Å². The number of piperazine rings is 1. The quantitative estimate of drug-likeness (QED) is 0.773. The first-order chi connectivity index (χ1) is 12.7. The summed E-state index contributed by atoms with van der Waals surface area (Å²) in [6.45, 7) is 9.23. The summed E-state index contributed by atoms with van der Waals surface area (Å²) in [6, 6.07) is 0.673. The van der Waals surface area contributed by atoms with Gasteiger partial charge in [0.05, 0.1) is 5.92 Å². The number of nitrogens with zero attached hydrogens (tertiary/aromatic N) is 4. The molecule has 0 radical (unpaired) electrons. The normalized spacial score (nSPS) is 30.8. The minimum atomic E-state index is -0.00271. The van der Waals surface area contributed by atoms with E-state index in [2.05, 4.69) is 15.1 Å². The summed E-state index contributed by atoms with van der Waals surface area (Å²) < 4.78 is 0. The lowest BCUT2D eigenvalue weighted by Crippen LogP contribution is -2.51. The fourth-order valence-corrected chi connectivity index (χ4v) is 5.01. The number of carbonyl (C=O) groups excluding carboxylic acids is 2. The Labute approximate surface area is 156 Å². The van der Waals surface area contributed by atoms with Crippen LogP contribution in [0, 0.1) is 5.92 Å². The highest BCUT2D eigenvalue weighted by Crippen LogP contribution is 2.24. The van der Waals surface area contributed by atoms with Gasteiger partial charge < -0.3 is 20.0 Å². The molecule has 4 saturated heterocycles. The van der Waals surface area contributed by atoms with Gasteiger partial charge in [-0.1, -0.05) is 0 Å². The van der Waals surface area contributed by atoms with Crippen molar-refractivity contribution in [1.82, 2.24) is 24.9 Å². The van der Waals surface area contributed by atoms with E-state index in [1.807, 2.05) is 9.80 Å². The largest absolute Gasteiger partial charge is 0.341 e. The molecule has 4 aliphatic rings. The summed E-state index contributed by atoms with van der Waals surface area (Å²) in [7, 11) is 0. The maximum absolute atomic E-state index is 13.1. The van der Waals surface area contributed by atoms with Crippen molar-refractivity contribution in [2.45, 2.75) is 38.1 Å². The fourth-order valence-electron chi connectivity index (χ4n) is 5.01. The van der Waals surface area contributed by atoms with E-state index in [4.69, 9.17) is 0 Å². The molecule has 4 aliphatic heterocycles. The topological polar surface area (TPSA) is 59.1 Å². The van der Waals surface area contributed by atoms with Gasteiger partial charge in [0.15, 0.2) is 0 Å². The molecule has 2 atom stereocenters. The van der Waals surface area contributed by atoms with E-state index in [0.717, 1.165) is 91.0 Å². The molecule has 4 rings (SSSR count). The summed E-state index contributed by atoms with van der Waals surface area (Å²) in [5.74, 6) is 0.277. The Hall–Kier alpha value is -1.34. The third kappa shape index (κ3) is 3.83. The molecule has 2 unspecified atom stereocenters. The first-order valence-electron chi connectivity index (χ1n) is 10.5. The second-order valence-corrected chi connectivity index (χ2v) is 8.27. The van der Waals surface area contributed by atoms with E-state index >= 15 is 0 Å². The van der Waals surface area contributed by atoms with Crippen molar-refractivity contribution in [3.63, 3.8) is 0 Å². The molecule has 7 nitrogen and oxygen atoms in total. The van der Waals surface area contributed by atoms with Crippen molar-refractivity contribution < 1.29 is 9.59 Å². The van der Waals surface area contributed by atoms with Gasteiger partial charge in [0.1, 0.15) is 0 Å². The molecule has 1 N–H and O–H groups in total. The van der Waals surface area contributed by atoms with Crippen molar-refractivity contribution in [1.29, 1.82) is 0 Å². The van der Waals surface area contributed by atoms with E-state index in [1.165, 1.54) is 0 Å². The molecule has 26 heavy (non-hydrogen) atoms. The monoisotopic (exact) mass is 363 g/mol. The van der Waals surface area contributed by atoms with Gasteiger partial charge in [-0.25, -0.2) is 4.79 Å². The molecule has 0 aliphatic carbocycles. The maximum Gasteiger partial charge on any atom is 0.320 e. The Morgan fingerprint density at radius 3 is 2.23 bits per heavy atom. The van der Waals surface area contributed by atoms with Crippen LogP contribution in [-0.2, 0) is 4.79 Å². The molecule has 0 aromatic heterocycles. The van der Waals surface area contributed by atoms with Crippen LogP contribution in [0.15, 0.2) is 0 Å². The summed E-state index contributed by atoms with van der Waals surface area (Å²) in [5.41, 5.74) is 0. The Kier molecular flexibility index (Phi) is 5.64. The van der Waals surface area contributed by atoms with Crippen LogP contribution in [-0.4, -0.2) is 103 Å². The van der Waals surface area contributed by atoms with Gasteiger partial charge in [0.2, 0.25) is 5.91 Å². The predicted molar refractivity (Wildman–Crippen MR) is 99.9 cm³/mol. The highest BCUT2D eigenvalue weighted by Gasteiger charge is 2.37. The number of rotatable bonds is 2. The zero-order chi connectivity index (χ0) is 17.9. The Bertz CT molecular complexity index is 516. The molecule has 146 valence electrons. The van der Waals surface area contributed by atoms with E-state index in [-0.39, 0.29) is 17.9 Å². The maximum atomic E-state index is 13.1. The first kappa shape index (κ1) is 18.0. The second kappa shape index (κ2) is 8.13. The zero-order valence-corrected chi connectivity index (χ0v) is 15.9. The molecule has 0 spiro atoms. The van der Waals surface area contributed by atoms with Crippen LogP contribution in [0.25, 0.3) is 0 Å². The molecular formula is C19H33N5O2. The van der Waals surface area contributed by atoms with E-state index in [0.29, 0.717) is 12.6 Å². The van der Waals surface area contributed by atoms with Crippen molar-refractivity contribution >= 4 is 11.9 Å². The van der Waals surface area contributed by atoms with Crippen LogP contribution in [0.2, 0.25) is 0 Å². The van der Waals surface area contributed by atoms with Crippen molar-refractivity contribution in [3.8, 4) is 0 Å². The molecule has 3 amide bonds. The van der Waals surface area contributed by atoms with E-state index in [1.54, 1.807) is 0 Å². The van der Waals surface area contributed by atoms with Crippen LogP contribution in [0.3, 0.4) is 0 Å². The Morgan fingerprint density at radius 2 is 1.46 bits per heavy atom. The van der Waals surface area contributed by atoms with Crippen LogP contribution in [0.5, 0.6) is 0 Å². The molecule has 0 saturated carbocycles. The fraction of sp³-hybridized carbons (Fsp3) is 0.895. The summed E-state index contributed by atoms with van der Waals surface area (Å²) in [4.78, 5) is 34.2. The minimum Gasteiger partial charge on any atom is -0.341 e. The number of likely N-dealkylation sites (tertiary alicyclic amines) is 3. The van der Waals surface area contributed by atoms with Gasteiger partial charge in [-0.15, -0.1) is 0 Å². The van der Waals surface area contributed by atoms with Crippen LogP contribution in [0.1, 0.15) is 32.1 Å². The molecule has 7 heteroatoms. The first-order valence-corrected chi connectivity index (χ1v) is 10.5. The van der Waals surface area contributed by atoms with E-state index in [9.17, 15) is 9.59 Å². The minimum absolute atomic E-state index is 0.00271. The van der Waals surface area contributed by atoms with Crippen LogP contribution in [0.4, 0.5) is 4.79 Å². The molecule has 0 bridgehead atoms. The average Bonchev–Trinajstić information content (AvgIpc) is 3.40. The number of amides is 3. The third-order valence-corrected chi connectivity index (χ3v) is 6.56. The van der Waals surface area contributed by atoms with Crippen molar-refractivity contribution in [2.24, 2.45) is 5.92 Å². The summed E-state index contributed by atoms with van der Waals surface area (Å²) in [5, 5.41) is 3.40. The number of urea groups is 1. The van der Waals surface area contributed by atoms with Gasteiger partial charge in [0, 0.05) is 71.5 Å². The average molecular weight is 364 g/mol. The highest BCUT2D eigenvalue weighted by atomic mass is 16.2. The lowest BCUT2D eigenvalue weighted by atomic mass is 9.97. The zero-order valence-electron chi connectivity index (χ0n) is 15.9. The number of nitrogens with one attached hydrogen (secondary N) is 1. The van der Waals surface area contributed by atoms with Gasteiger partial charge in [-0.3, -0.25) is 9.69 Å². The number of carbonyl (C=O) groups is 2. The van der Waals surface area contributed by atoms with Crippen LogP contribution < -0.4 is 5.32 Å². The molecule has 0 aromatic rings. The molecule has 4 fully saturated rings. The lowest BCUT2D eigenvalue weighted by molar-refractivity contribution is -0.136. The lowest BCUT2D eigenvalue weighted by Gasteiger charge is -2.36. The second-order valence-electron chi connectivity index (χ2n) is 8.27. The van der Waals surface area contributed by atoms with Gasteiger partial charge in [0.25, 0.3) is 0 Å². The summed E-state index contributed by atoms with van der Waals surface area (Å²) in [6.07, 6.45) is 5.20. The van der Waals surface area contributed by atoms with Crippen molar-refractivity contribution in [3.05, 3.63) is 0 Å². The highest BCUT2D eigenvalue weighted by molar-refractivity contribution is 5.81. The predicted octanol–water partition coefficient (Wildman–Crippen LogP) is 0.420. The Morgan fingerprint density at radius 1 is 0.731 bits per heavy atom. The Balaban J connectivity index is 1.30. The number of hydrogen-bond donors (Lipinski definition) is 1. The summed E-state index contributed by atoms with van der Waals surface area (Å²) >= 11 is 0. The smallest absolute Gasteiger partial charge is 0.320 e. The molecule has 4 heterocycles. The third-order valence-electron chi connectivity index (χ3n) is 6.56. The van der Waals surface area contributed by atoms with Gasteiger partial charge >= 0.3 is 6.03 Å². The van der Waals surface area contributed by atoms with Gasteiger partial charge in [-0.05, 0) is 32.1 Å². The SMILES string of the molecule is O=C(C1CCCN(C(=O)N2CCCC2)C1)N1CCC(N2CCNCC2)C1. The molecular weight excluding hydrogens is 330 g/mol. The van der Waals surface area contributed by atoms with Crippen molar-refractivity contribution in [2.75, 3.05) is 65.4 Å². The van der Waals surface area contributed by atoms with Crippen LogP contribution >= 0.6 is 0 Å². The molecule has 0 aromatic carbocycles. The number of hydrogen-bond acceptors (Lipinski definition) is 4. The van der Waals surface area contributed by atoms with E-state index < -0.39 is 0 Å². The standard InChI is InChI=1S/C19H33N5O2/c25-18(23-11-5-17(15-23)21-12-6-20-7-13-21)16-4-3-10-24(14-16)19(26)22-8-1-2-9-22/h16-17,20H,1-15H2.